The summed E-state index contributed by atoms with van der Waals surface area (Å²) in [6.07, 6.45) is 8.19. The highest BCUT2D eigenvalue weighted by Gasteiger charge is 2.24. The van der Waals surface area contributed by atoms with E-state index in [2.05, 4.69) is 54.4 Å². The average Bonchev–Trinajstić information content (AvgIpc) is 2.76. The largest absolute Gasteiger partial charge is 0.371 e. The SMILES string of the molecule is CCCNC1CCCCCC1CN(CC)c1ccccc1. The van der Waals surface area contributed by atoms with Gasteiger partial charge in [0.05, 0.1) is 0 Å². The Kier molecular flexibility index (Phi) is 7.08. The van der Waals surface area contributed by atoms with Crippen molar-refractivity contribution in [1.29, 1.82) is 0 Å². The minimum atomic E-state index is 0.713. The Hall–Kier alpha value is -1.02. The molecule has 0 bridgehead atoms. The number of hydrogen-bond donors (Lipinski definition) is 1. The molecule has 118 valence electrons. The summed E-state index contributed by atoms with van der Waals surface area (Å²) in [6, 6.07) is 11.6. The van der Waals surface area contributed by atoms with Gasteiger partial charge in [-0.3, -0.25) is 0 Å². The lowest BCUT2D eigenvalue weighted by Gasteiger charge is -2.33. The molecule has 2 unspecified atom stereocenters. The van der Waals surface area contributed by atoms with E-state index in [0.29, 0.717) is 6.04 Å². The van der Waals surface area contributed by atoms with Crippen molar-refractivity contribution in [3.05, 3.63) is 30.3 Å². The molecule has 0 radical (unpaired) electrons. The molecule has 0 aliphatic heterocycles. The quantitative estimate of drug-likeness (QED) is 0.745. The van der Waals surface area contributed by atoms with Gasteiger partial charge in [-0.05, 0) is 50.8 Å². The van der Waals surface area contributed by atoms with Crippen LogP contribution in [0.5, 0.6) is 0 Å². The van der Waals surface area contributed by atoms with Crippen molar-refractivity contribution < 1.29 is 0 Å². The van der Waals surface area contributed by atoms with Crippen LogP contribution in [0.25, 0.3) is 0 Å². The third kappa shape index (κ3) is 5.03. The van der Waals surface area contributed by atoms with Gasteiger partial charge in [0.2, 0.25) is 0 Å². The van der Waals surface area contributed by atoms with Gasteiger partial charge in [0.25, 0.3) is 0 Å². The molecule has 1 aromatic carbocycles. The number of rotatable bonds is 7. The molecule has 1 fully saturated rings. The van der Waals surface area contributed by atoms with Gasteiger partial charge in [0, 0.05) is 24.8 Å². The Labute approximate surface area is 130 Å². The monoisotopic (exact) mass is 288 g/mol. The zero-order valence-electron chi connectivity index (χ0n) is 13.9. The Morgan fingerprint density at radius 3 is 2.52 bits per heavy atom. The van der Waals surface area contributed by atoms with Crippen molar-refractivity contribution in [1.82, 2.24) is 5.32 Å². The van der Waals surface area contributed by atoms with Crippen LogP contribution in [0.3, 0.4) is 0 Å². The van der Waals surface area contributed by atoms with Crippen LogP contribution in [0.15, 0.2) is 30.3 Å². The summed E-state index contributed by atoms with van der Waals surface area (Å²) in [5, 5.41) is 3.82. The first kappa shape index (κ1) is 16.4. The lowest BCUT2D eigenvalue weighted by molar-refractivity contribution is 0.335. The van der Waals surface area contributed by atoms with Gasteiger partial charge >= 0.3 is 0 Å². The fourth-order valence-electron chi connectivity index (χ4n) is 3.54. The van der Waals surface area contributed by atoms with Crippen LogP contribution in [-0.4, -0.2) is 25.7 Å². The maximum absolute atomic E-state index is 3.82. The molecule has 2 atom stereocenters. The molecule has 1 aromatic rings. The molecule has 1 N–H and O–H groups in total. The normalized spacial score (nSPS) is 22.8. The molecule has 0 aromatic heterocycles. The third-order valence-electron chi connectivity index (χ3n) is 4.77. The van der Waals surface area contributed by atoms with Crippen molar-refractivity contribution in [3.8, 4) is 0 Å². The number of nitrogens with zero attached hydrogens (tertiary/aromatic N) is 1. The van der Waals surface area contributed by atoms with Crippen LogP contribution in [0.1, 0.15) is 52.4 Å². The fourth-order valence-corrected chi connectivity index (χ4v) is 3.54. The number of benzene rings is 1. The molecule has 0 amide bonds. The molecular weight excluding hydrogens is 256 g/mol. The lowest BCUT2D eigenvalue weighted by Crippen LogP contribution is -2.42. The van der Waals surface area contributed by atoms with Crippen molar-refractivity contribution in [2.24, 2.45) is 5.92 Å². The molecule has 2 rings (SSSR count). The lowest BCUT2D eigenvalue weighted by atomic mass is 9.93. The van der Waals surface area contributed by atoms with E-state index in [1.54, 1.807) is 0 Å². The average molecular weight is 288 g/mol. The standard InChI is InChI=1S/C19H32N2/c1-3-15-20-19-14-10-5-7-11-17(19)16-21(4-2)18-12-8-6-9-13-18/h6,8-9,12-13,17,19-20H,3-5,7,10-11,14-16H2,1-2H3. The summed E-state index contributed by atoms with van der Waals surface area (Å²) in [7, 11) is 0. The number of para-hydroxylation sites is 1. The van der Waals surface area contributed by atoms with Gasteiger partial charge in [0.1, 0.15) is 0 Å². The highest BCUT2D eigenvalue weighted by Crippen LogP contribution is 2.26. The van der Waals surface area contributed by atoms with E-state index in [1.807, 2.05) is 0 Å². The van der Waals surface area contributed by atoms with Crippen molar-refractivity contribution >= 4 is 5.69 Å². The van der Waals surface area contributed by atoms with E-state index in [0.717, 1.165) is 12.5 Å². The van der Waals surface area contributed by atoms with Crippen LogP contribution in [0.2, 0.25) is 0 Å². The van der Waals surface area contributed by atoms with E-state index in [4.69, 9.17) is 0 Å². The van der Waals surface area contributed by atoms with E-state index in [1.165, 1.54) is 57.3 Å². The second-order valence-corrected chi connectivity index (χ2v) is 6.33. The highest BCUT2D eigenvalue weighted by molar-refractivity contribution is 5.45. The van der Waals surface area contributed by atoms with Gasteiger partial charge in [-0.25, -0.2) is 0 Å². The first-order valence-corrected chi connectivity index (χ1v) is 8.88. The molecule has 0 heterocycles. The number of anilines is 1. The molecular formula is C19H32N2. The molecule has 0 spiro atoms. The molecule has 21 heavy (non-hydrogen) atoms. The Morgan fingerprint density at radius 1 is 1.05 bits per heavy atom. The van der Waals surface area contributed by atoms with Crippen molar-refractivity contribution in [2.75, 3.05) is 24.5 Å². The summed E-state index contributed by atoms with van der Waals surface area (Å²) in [4.78, 5) is 2.55. The van der Waals surface area contributed by atoms with E-state index in [9.17, 15) is 0 Å². The van der Waals surface area contributed by atoms with E-state index in [-0.39, 0.29) is 0 Å². The van der Waals surface area contributed by atoms with E-state index >= 15 is 0 Å². The van der Waals surface area contributed by atoms with Gasteiger partial charge in [-0.1, -0.05) is 44.4 Å². The maximum atomic E-state index is 3.82. The Balaban J connectivity index is 2.01. The minimum Gasteiger partial charge on any atom is -0.371 e. The predicted octanol–water partition coefficient (Wildman–Crippen LogP) is 4.46. The third-order valence-corrected chi connectivity index (χ3v) is 4.77. The number of nitrogens with one attached hydrogen (secondary N) is 1. The molecule has 1 saturated carbocycles. The maximum Gasteiger partial charge on any atom is 0.0366 e. The molecule has 0 saturated heterocycles. The molecule has 2 nitrogen and oxygen atoms in total. The zero-order valence-corrected chi connectivity index (χ0v) is 13.9. The predicted molar refractivity (Wildman–Crippen MR) is 93.0 cm³/mol. The van der Waals surface area contributed by atoms with Crippen LogP contribution in [-0.2, 0) is 0 Å². The Bertz CT molecular complexity index is 376. The second-order valence-electron chi connectivity index (χ2n) is 6.33. The van der Waals surface area contributed by atoms with Gasteiger partial charge in [0.15, 0.2) is 0 Å². The topological polar surface area (TPSA) is 15.3 Å². The minimum absolute atomic E-state index is 0.713. The summed E-state index contributed by atoms with van der Waals surface area (Å²) in [5.41, 5.74) is 1.37. The summed E-state index contributed by atoms with van der Waals surface area (Å²) in [5.74, 6) is 0.791. The zero-order chi connectivity index (χ0) is 14.9. The summed E-state index contributed by atoms with van der Waals surface area (Å²) >= 11 is 0. The van der Waals surface area contributed by atoms with Crippen LogP contribution < -0.4 is 10.2 Å². The van der Waals surface area contributed by atoms with Gasteiger partial charge in [-0.15, -0.1) is 0 Å². The fraction of sp³-hybridized carbons (Fsp3) is 0.684. The van der Waals surface area contributed by atoms with E-state index < -0.39 is 0 Å². The molecule has 1 aliphatic carbocycles. The molecule has 2 heteroatoms. The first-order valence-electron chi connectivity index (χ1n) is 8.88. The van der Waals surface area contributed by atoms with Crippen LogP contribution in [0.4, 0.5) is 5.69 Å². The number of hydrogen-bond acceptors (Lipinski definition) is 2. The Morgan fingerprint density at radius 2 is 1.81 bits per heavy atom. The summed E-state index contributed by atoms with van der Waals surface area (Å²) in [6.45, 7) is 8.00. The van der Waals surface area contributed by atoms with Gasteiger partial charge < -0.3 is 10.2 Å². The van der Waals surface area contributed by atoms with Crippen LogP contribution in [0, 0.1) is 5.92 Å². The van der Waals surface area contributed by atoms with Crippen molar-refractivity contribution in [3.63, 3.8) is 0 Å². The smallest absolute Gasteiger partial charge is 0.0366 e. The summed E-state index contributed by atoms with van der Waals surface area (Å²) < 4.78 is 0. The first-order chi connectivity index (χ1) is 10.3. The highest BCUT2D eigenvalue weighted by atomic mass is 15.1. The molecule has 1 aliphatic rings. The van der Waals surface area contributed by atoms with Crippen molar-refractivity contribution in [2.45, 2.75) is 58.4 Å². The van der Waals surface area contributed by atoms with Crippen LogP contribution >= 0.6 is 0 Å². The second kappa shape index (κ2) is 9.09. The van der Waals surface area contributed by atoms with Gasteiger partial charge in [-0.2, -0.15) is 0 Å².